The lowest BCUT2D eigenvalue weighted by Crippen LogP contribution is -2.07. The summed E-state index contributed by atoms with van der Waals surface area (Å²) in [5, 5.41) is 0.499. The molecule has 0 radical (unpaired) electrons. The summed E-state index contributed by atoms with van der Waals surface area (Å²) < 4.78 is 25.3. The first kappa shape index (κ1) is 14.4. The zero-order valence-electron chi connectivity index (χ0n) is 9.81. The van der Waals surface area contributed by atoms with E-state index in [4.69, 9.17) is 17.3 Å². The summed E-state index contributed by atoms with van der Waals surface area (Å²) in [6, 6.07) is 11.3. The van der Waals surface area contributed by atoms with E-state index in [0.29, 0.717) is 20.7 Å². The fraction of sp³-hybridized carbons (Fsp3) is 0.0769. The van der Waals surface area contributed by atoms with Crippen LogP contribution in [0.3, 0.4) is 0 Å². The highest BCUT2D eigenvalue weighted by molar-refractivity contribution is 9.10. The third-order valence-electron chi connectivity index (χ3n) is 2.66. The van der Waals surface area contributed by atoms with Crippen LogP contribution in [0.5, 0.6) is 0 Å². The quantitative estimate of drug-likeness (QED) is 0.850. The number of hydrogen-bond acceptors (Lipinski definition) is 3. The van der Waals surface area contributed by atoms with E-state index in [-0.39, 0.29) is 10.6 Å². The van der Waals surface area contributed by atoms with Crippen molar-refractivity contribution in [2.24, 2.45) is 0 Å². The Bertz CT molecular complexity index is 679. The summed E-state index contributed by atoms with van der Waals surface area (Å²) in [4.78, 5) is 0.229. The Balaban J connectivity index is 2.39. The Morgan fingerprint density at radius 2 is 1.74 bits per heavy atom. The first-order chi connectivity index (χ1) is 8.90. The van der Waals surface area contributed by atoms with Crippen molar-refractivity contribution in [2.75, 3.05) is 5.73 Å². The topological polar surface area (TPSA) is 60.2 Å². The summed E-state index contributed by atoms with van der Waals surface area (Å²) in [5.74, 6) is -0.151. The van der Waals surface area contributed by atoms with Crippen molar-refractivity contribution < 1.29 is 8.42 Å². The van der Waals surface area contributed by atoms with Crippen LogP contribution in [-0.4, -0.2) is 8.42 Å². The lowest BCUT2D eigenvalue weighted by molar-refractivity contribution is 0.595. The van der Waals surface area contributed by atoms with Crippen LogP contribution >= 0.6 is 27.5 Å². The number of sulfone groups is 1. The molecule has 0 aromatic heterocycles. The van der Waals surface area contributed by atoms with Gasteiger partial charge in [-0.05, 0) is 36.4 Å². The number of benzene rings is 2. The van der Waals surface area contributed by atoms with Crippen molar-refractivity contribution in [3.8, 4) is 0 Å². The van der Waals surface area contributed by atoms with E-state index in [9.17, 15) is 8.42 Å². The minimum Gasteiger partial charge on any atom is -0.398 e. The number of nitrogens with two attached hydrogens (primary N) is 1. The highest BCUT2D eigenvalue weighted by Crippen LogP contribution is 2.27. The Morgan fingerprint density at radius 1 is 1.11 bits per heavy atom. The molecule has 0 heterocycles. The number of halogens is 2. The number of hydrogen-bond donors (Lipinski definition) is 1. The predicted octanol–water partition coefficient (Wildman–Crippen LogP) is 3.66. The van der Waals surface area contributed by atoms with Crippen LogP contribution in [0.4, 0.5) is 5.69 Å². The van der Waals surface area contributed by atoms with Crippen LogP contribution in [-0.2, 0) is 15.6 Å². The molecule has 0 aliphatic heterocycles. The van der Waals surface area contributed by atoms with Crippen molar-refractivity contribution in [1.82, 2.24) is 0 Å². The first-order valence-corrected chi connectivity index (χ1v) is 8.23. The average Bonchev–Trinajstić information content (AvgIpc) is 2.35. The number of rotatable bonds is 3. The van der Waals surface area contributed by atoms with Crippen molar-refractivity contribution in [2.45, 2.75) is 10.6 Å². The monoisotopic (exact) mass is 359 g/mol. The molecule has 0 fully saturated rings. The van der Waals surface area contributed by atoms with E-state index in [1.54, 1.807) is 30.3 Å². The predicted molar refractivity (Wildman–Crippen MR) is 80.9 cm³/mol. The van der Waals surface area contributed by atoms with E-state index in [1.165, 1.54) is 12.1 Å². The van der Waals surface area contributed by atoms with Gasteiger partial charge in [0.2, 0.25) is 0 Å². The Morgan fingerprint density at radius 3 is 2.32 bits per heavy atom. The van der Waals surface area contributed by atoms with Gasteiger partial charge < -0.3 is 5.73 Å². The Hall–Kier alpha value is -1.04. The van der Waals surface area contributed by atoms with Gasteiger partial charge in [0.25, 0.3) is 0 Å². The van der Waals surface area contributed by atoms with Crippen molar-refractivity contribution in [1.29, 1.82) is 0 Å². The van der Waals surface area contributed by atoms with Crippen LogP contribution in [0.25, 0.3) is 0 Å². The molecule has 0 saturated heterocycles. The lowest BCUT2D eigenvalue weighted by Gasteiger charge is -2.09. The molecule has 6 heteroatoms. The summed E-state index contributed by atoms with van der Waals surface area (Å²) in [7, 11) is -3.44. The summed E-state index contributed by atoms with van der Waals surface area (Å²) in [5.41, 5.74) is 6.83. The molecule has 3 nitrogen and oxygen atoms in total. The molecule has 100 valence electrons. The molecule has 0 amide bonds. The van der Waals surface area contributed by atoms with Crippen LogP contribution < -0.4 is 5.73 Å². The van der Waals surface area contributed by atoms with E-state index >= 15 is 0 Å². The van der Waals surface area contributed by atoms with Crippen molar-refractivity contribution >= 4 is 43.1 Å². The number of anilines is 1. The highest BCUT2D eigenvalue weighted by atomic mass is 79.9. The van der Waals surface area contributed by atoms with Gasteiger partial charge >= 0.3 is 0 Å². The van der Waals surface area contributed by atoms with E-state index in [1.807, 2.05) is 0 Å². The smallest absolute Gasteiger partial charge is 0.182 e. The molecular weight excluding hydrogens is 350 g/mol. The molecule has 2 aromatic rings. The normalized spacial score (nSPS) is 11.5. The third kappa shape index (κ3) is 3.29. The average molecular weight is 361 g/mol. The molecule has 0 aliphatic carbocycles. The van der Waals surface area contributed by atoms with Gasteiger partial charge in [-0.25, -0.2) is 8.42 Å². The zero-order valence-corrected chi connectivity index (χ0v) is 13.0. The summed E-state index contributed by atoms with van der Waals surface area (Å²) >= 11 is 9.07. The molecule has 0 aliphatic rings. The van der Waals surface area contributed by atoms with Crippen molar-refractivity contribution in [3.05, 3.63) is 57.5 Å². The summed E-state index contributed by atoms with van der Waals surface area (Å²) in [6.07, 6.45) is 0. The minimum atomic E-state index is -3.44. The summed E-state index contributed by atoms with van der Waals surface area (Å²) in [6.45, 7) is 0. The van der Waals surface area contributed by atoms with E-state index in [2.05, 4.69) is 15.9 Å². The molecule has 2 rings (SSSR count). The number of nitrogen functional groups attached to an aromatic ring is 1. The Labute approximate surface area is 125 Å². The molecule has 0 atom stereocenters. The second kappa shape index (κ2) is 5.53. The van der Waals surface area contributed by atoms with Gasteiger partial charge in [0.15, 0.2) is 9.84 Å². The molecule has 19 heavy (non-hydrogen) atoms. The van der Waals surface area contributed by atoms with Gasteiger partial charge in [0.1, 0.15) is 0 Å². The standard InChI is InChI=1S/C13H11BrClNO2S/c14-12-2-1-3-13(16)11(12)8-19(17,18)10-6-4-9(15)5-7-10/h1-7H,8,16H2. The van der Waals surface area contributed by atoms with E-state index < -0.39 is 9.84 Å². The Kier molecular flexibility index (Phi) is 4.18. The van der Waals surface area contributed by atoms with Gasteiger partial charge in [-0.1, -0.05) is 33.6 Å². The molecule has 0 bridgehead atoms. The van der Waals surface area contributed by atoms with Crippen LogP contribution in [0.2, 0.25) is 5.02 Å². The van der Waals surface area contributed by atoms with Crippen molar-refractivity contribution in [3.63, 3.8) is 0 Å². The molecule has 2 aromatic carbocycles. The highest BCUT2D eigenvalue weighted by Gasteiger charge is 2.18. The maximum absolute atomic E-state index is 12.3. The third-order valence-corrected chi connectivity index (χ3v) is 5.32. The zero-order chi connectivity index (χ0) is 14.0. The minimum absolute atomic E-state index is 0.151. The second-order valence-electron chi connectivity index (χ2n) is 4.02. The van der Waals surface area contributed by atoms with Crippen LogP contribution in [0.1, 0.15) is 5.56 Å². The lowest BCUT2D eigenvalue weighted by atomic mass is 10.2. The SMILES string of the molecule is Nc1cccc(Br)c1CS(=O)(=O)c1ccc(Cl)cc1. The maximum atomic E-state index is 12.3. The van der Waals surface area contributed by atoms with Gasteiger partial charge in [0, 0.05) is 20.7 Å². The van der Waals surface area contributed by atoms with Gasteiger partial charge in [-0.2, -0.15) is 0 Å². The second-order valence-corrected chi connectivity index (χ2v) is 7.30. The van der Waals surface area contributed by atoms with E-state index in [0.717, 1.165) is 0 Å². The fourth-order valence-corrected chi connectivity index (χ4v) is 3.90. The molecule has 0 unspecified atom stereocenters. The van der Waals surface area contributed by atoms with Gasteiger partial charge in [-0.15, -0.1) is 0 Å². The molecular formula is C13H11BrClNO2S. The largest absolute Gasteiger partial charge is 0.398 e. The first-order valence-electron chi connectivity index (χ1n) is 5.41. The molecule has 0 spiro atoms. The molecule has 0 saturated carbocycles. The fourth-order valence-electron chi connectivity index (χ4n) is 1.64. The van der Waals surface area contributed by atoms with Crippen LogP contribution in [0, 0.1) is 0 Å². The molecule has 2 N–H and O–H groups in total. The maximum Gasteiger partial charge on any atom is 0.182 e. The van der Waals surface area contributed by atoms with Gasteiger partial charge in [0.05, 0.1) is 10.6 Å². The van der Waals surface area contributed by atoms with Gasteiger partial charge in [-0.3, -0.25) is 0 Å². The van der Waals surface area contributed by atoms with Crippen LogP contribution in [0.15, 0.2) is 51.8 Å².